The van der Waals surface area contributed by atoms with Crippen molar-refractivity contribution >= 4 is 28.8 Å². The van der Waals surface area contributed by atoms with Gasteiger partial charge in [-0.1, -0.05) is 11.8 Å². The van der Waals surface area contributed by atoms with Gasteiger partial charge in [-0.3, -0.25) is 19.3 Å². The Morgan fingerprint density at radius 1 is 1.41 bits per heavy atom. The van der Waals surface area contributed by atoms with Gasteiger partial charge in [0.1, 0.15) is 25.3 Å². The van der Waals surface area contributed by atoms with Crippen LogP contribution in [0.5, 0.6) is 0 Å². The van der Waals surface area contributed by atoms with Gasteiger partial charge in [-0.05, 0) is 20.8 Å². The van der Waals surface area contributed by atoms with Crippen LogP contribution < -0.4 is 10.2 Å². The number of amides is 3. The van der Waals surface area contributed by atoms with Gasteiger partial charge in [-0.2, -0.15) is 0 Å². The number of nitrogens with one attached hydrogen (secondary N) is 2. The first-order valence-electron chi connectivity index (χ1n) is 7.63. The largest absolute Gasteiger partial charge is 0.364 e. The molecule has 2 N–H and O–H groups in total. The molecule has 0 spiro atoms. The van der Waals surface area contributed by atoms with Crippen LogP contribution in [-0.4, -0.2) is 72.1 Å². The first kappa shape index (κ1) is 17.2. The maximum atomic E-state index is 12.2. The standard InChI is InChI=1S/C14H23N3O4S/c1-9-6-16(7-10(2)21-9)11(3)13(19)15-4-5-17-12(18)8-22-14(17)20/h9-11H,4-8H2,1-3H3,(H,15,19)/p+1/t9-,10+,11-/m0/s1. The second-order valence-corrected chi connectivity index (χ2v) is 6.86. The average molecular weight is 330 g/mol. The number of nitrogens with zero attached hydrogens (tertiary/aromatic N) is 1. The fourth-order valence-electron chi connectivity index (χ4n) is 2.89. The number of quaternary nitrogens is 1. The molecule has 2 heterocycles. The number of hydrogen-bond donors (Lipinski definition) is 2. The smallest absolute Gasteiger partial charge is 0.288 e. The maximum absolute atomic E-state index is 12.2. The Labute approximate surface area is 134 Å². The number of carbonyl (C=O) groups is 3. The van der Waals surface area contributed by atoms with Crippen molar-refractivity contribution < 1.29 is 24.0 Å². The Kier molecular flexibility index (Phi) is 5.82. The molecule has 124 valence electrons. The lowest BCUT2D eigenvalue weighted by Crippen LogP contribution is -3.19. The summed E-state index contributed by atoms with van der Waals surface area (Å²) in [7, 11) is 0. The average Bonchev–Trinajstić information content (AvgIpc) is 2.77. The van der Waals surface area contributed by atoms with Gasteiger partial charge >= 0.3 is 0 Å². The second kappa shape index (κ2) is 7.43. The first-order valence-corrected chi connectivity index (χ1v) is 8.62. The maximum Gasteiger partial charge on any atom is 0.288 e. The van der Waals surface area contributed by atoms with Crippen LogP contribution in [0.3, 0.4) is 0 Å². The molecule has 0 aromatic heterocycles. The van der Waals surface area contributed by atoms with E-state index in [-0.39, 0.29) is 47.6 Å². The quantitative estimate of drug-likeness (QED) is 0.667. The van der Waals surface area contributed by atoms with Crippen LogP contribution in [0.25, 0.3) is 0 Å². The molecule has 0 bridgehead atoms. The van der Waals surface area contributed by atoms with E-state index in [0.717, 1.165) is 24.9 Å². The fraction of sp³-hybridized carbons (Fsp3) is 0.786. The highest BCUT2D eigenvalue weighted by atomic mass is 32.2. The van der Waals surface area contributed by atoms with Crippen LogP contribution >= 0.6 is 11.8 Å². The number of thioether (sulfide) groups is 1. The van der Waals surface area contributed by atoms with Gasteiger partial charge in [-0.15, -0.1) is 0 Å². The van der Waals surface area contributed by atoms with E-state index in [1.165, 1.54) is 9.80 Å². The molecule has 1 unspecified atom stereocenters. The molecule has 7 nitrogen and oxygen atoms in total. The Balaban J connectivity index is 1.76. The number of carbonyl (C=O) groups excluding carboxylic acids is 3. The van der Waals surface area contributed by atoms with Gasteiger partial charge in [0.25, 0.3) is 11.1 Å². The van der Waals surface area contributed by atoms with Crippen molar-refractivity contribution in [2.45, 2.75) is 39.0 Å². The van der Waals surface area contributed by atoms with Crippen LogP contribution in [0, 0.1) is 0 Å². The third-order valence-corrected chi connectivity index (χ3v) is 4.90. The molecule has 8 heteroatoms. The van der Waals surface area contributed by atoms with Gasteiger partial charge in [0, 0.05) is 13.1 Å². The molecule has 0 aromatic rings. The summed E-state index contributed by atoms with van der Waals surface area (Å²) in [6, 6.07) is -0.173. The number of hydrogen-bond acceptors (Lipinski definition) is 5. The highest BCUT2D eigenvalue weighted by molar-refractivity contribution is 8.14. The van der Waals surface area contributed by atoms with Crippen molar-refractivity contribution in [3.8, 4) is 0 Å². The first-order chi connectivity index (χ1) is 10.4. The number of rotatable bonds is 5. The molecule has 2 rings (SSSR count). The van der Waals surface area contributed by atoms with E-state index >= 15 is 0 Å². The molecular formula is C14H24N3O4S+. The highest BCUT2D eigenvalue weighted by Crippen LogP contribution is 2.17. The van der Waals surface area contributed by atoms with Crippen LogP contribution in [0.1, 0.15) is 20.8 Å². The molecule has 2 saturated heterocycles. The Morgan fingerprint density at radius 3 is 2.59 bits per heavy atom. The molecule has 4 atom stereocenters. The predicted octanol–water partition coefficient (Wildman–Crippen LogP) is -1.12. The molecule has 2 fully saturated rings. The van der Waals surface area contributed by atoms with Gasteiger partial charge in [0.2, 0.25) is 5.91 Å². The minimum absolute atomic E-state index is 0.0527. The SMILES string of the molecule is C[C@@H]1C[NH+]([C@@H](C)C(=O)NCCN2C(=O)CSC2=O)C[C@H](C)O1. The fourth-order valence-corrected chi connectivity index (χ4v) is 3.65. The zero-order valence-corrected chi connectivity index (χ0v) is 14.1. The van der Waals surface area contributed by atoms with E-state index in [9.17, 15) is 14.4 Å². The summed E-state index contributed by atoms with van der Waals surface area (Å²) in [5.74, 6) is -0.0292. The zero-order valence-electron chi connectivity index (χ0n) is 13.3. The normalized spacial score (nSPS) is 30.5. The summed E-state index contributed by atoms with van der Waals surface area (Å²) in [6.45, 7) is 8.09. The van der Waals surface area contributed by atoms with Gasteiger partial charge < -0.3 is 15.0 Å². The van der Waals surface area contributed by atoms with Crippen LogP contribution in [0.2, 0.25) is 0 Å². The van der Waals surface area contributed by atoms with Crippen molar-refractivity contribution in [3.05, 3.63) is 0 Å². The zero-order chi connectivity index (χ0) is 16.3. The van der Waals surface area contributed by atoms with Crippen LogP contribution in [0.4, 0.5) is 4.79 Å². The summed E-state index contributed by atoms with van der Waals surface area (Å²) >= 11 is 1.01. The molecule has 3 amide bonds. The van der Waals surface area contributed by atoms with Gasteiger partial charge in [0.05, 0.1) is 5.75 Å². The van der Waals surface area contributed by atoms with E-state index in [2.05, 4.69) is 5.32 Å². The third-order valence-electron chi connectivity index (χ3n) is 4.04. The van der Waals surface area contributed by atoms with E-state index in [1.54, 1.807) is 0 Å². The molecule has 2 aliphatic rings. The molecule has 2 aliphatic heterocycles. The third kappa shape index (κ3) is 4.21. The van der Waals surface area contributed by atoms with Crippen molar-refractivity contribution in [2.75, 3.05) is 31.9 Å². The van der Waals surface area contributed by atoms with Crippen molar-refractivity contribution in [1.82, 2.24) is 10.2 Å². The predicted molar refractivity (Wildman–Crippen MR) is 82.7 cm³/mol. The van der Waals surface area contributed by atoms with E-state index in [1.807, 2.05) is 20.8 Å². The summed E-state index contributed by atoms with van der Waals surface area (Å²) in [6.07, 6.45) is 0.289. The van der Waals surface area contributed by atoms with Crippen molar-refractivity contribution in [3.63, 3.8) is 0 Å². The lowest BCUT2D eigenvalue weighted by atomic mass is 10.1. The minimum atomic E-state index is -0.228. The molecule has 0 radical (unpaired) electrons. The van der Waals surface area contributed by atoms with Crippen molar-refractivity contribution in [1.29, 1.82) is 0 Å². The number of imide groups is 1. The Hall–Kier alpha value is -1.12. The summed E-state index contributed by atoms with van der Waals surface area (Å²) < 4.78 is 5.68. The topological polar surface area (TPSA) is 80.2 Å². The van der Waals surface area contributed by atoms with Crippen LogP contribution in [-0.2, 0) is 14.3 Å². The molecule has 0 aromatic carbocycles. The minimum Gasteiger partial charge on any atom is -0.364 e. The van der Waals surface area contributed by atoms with Gasteiger partial charge in [-0.25, -0.2) is 0 Å². The molecule has 22 heavy (non-hydrogen) atoms. The lowest BCUT2D eigenvalue weighted by molar-refractivity contribution is -0.928. The summed E-state index contributed by atoms with van der Waals surface area (Å²) in [5.41, 5.74) is 0. The highest BCUT2D eigenvalue weighted by Gasteiger charge is 2.33. The van der Waals surface area contributed by atoms with Crippen LogP contribution in [0.15, 0.2) is 0 Å². The van der Waals surface area contributed by atoms with E-state index in [4.69, 9.17) is 4.74 Å². The lowest BCUT2D eigenvalue weighted by Gasteiger charge is -2.35. The second-order valence-electron chi connectivity index (χ2n) is 5.94. The van der Waals surface area contributed by atoms with E-state index in [0.29, 0.717) is 6.54 Å². The Bertz CT molecular complexity index is 433. The summed E-state index contributed by atoms with van der Waals surface area (Å²) in [4.78, 5) is 37.5. The molecule has 0 saturated carbocycles. The number of ether oxygens (including phenoxy) is 1. The van der Waals surface area contributed by atoms with Crippen molar-refractivity contribution in [2.24, 2.45) is 0 Å². The Morgan fingerprint density at radius 2 is 2.05 bits per heavy atom. The molecular weight excluding hydrogens is 306 g/mol. The number of morpholine rings is 1. The monoisotopic (exact) mass is 330 g/mol. The van der Waals surface area contributed by atoms with Gasteiger partial charge in [0.15, 0.2) is 6.04 Å². The van der Waals surface area contributed by atoms with E-state index < -0.39 is 0 Å². The molecule has 0 aliphatic carbocycles. The summed E-state index contributed by atoms with van der Waals surface area (Å²) in [5, 5.41) is 2.59.